The Kier molecular flexibility index (Phi) is 7.64. The van der Waals surface area contributed by atoms with E-state index >= 15 is 0 Å². The molecule has 0 radical (unpaired) electrons. The number of benzene rings is 1. The molecule has 0 amide bonds. The van der Waals surface area contributed by atoms with E-state index < -0.39 is 0 Å². The Labute approximate surface area is 167 Å². The summed E-state index contributed by atoms with van der Waals surface area (Å²) < 4.78 is 2.15. The van der Waals surface area contributed by atoms with Crippen LogP contribution in [0.4, 0.5) is 5.82 Å². The van der Waals surface area contributed by atoms with Gasteiger partial charge in [0, 0.05) is 23.2 Å². The number of hydrogen-bond donors (Lipinski definition) is 1. The first-order valence-corrected chi connectivity index (χ1v) is 11.3. The van der Waals surface area contributed by atoms with Crippen LogP contribution in [0.1, 0.15) is 52.4 Å². The SMILES string of the molecule is CCCCCCSc1ccc(-c2nc3ccccn3c2NCCCC)cc1. The molecular weight excluding hydrogens is 350 g/mol. The monoisotopic (exact) mass is 381 g/mol. The smallest absolute Gasteiger partial charge is 0.139 e. The lowest BCUT2D eigenvalue weighted by molar-refractivity contribution is 0.706. The molecule has 3 aromatic rings. The zero-order valence-electron chi connectivity index (χ0n) is 16.6. The fraction of sp³-hybridized carbons (Fsp3) is 0.435. The summed E-state index contributed by atoms with van der Waals surface area (Å²) in [7, 11) is 0. The first-order chi connectivity index (χ1) is 13.3. The Bertz CT molecular complexity index is 823. The Hall–Kier alpha value is -1.94. The van der Waals surface area contributed by atoms with Gasteiger partial charge in [-0.1, -0.05) is 57.7 Å². The maximum absolute atomic E-state index is 4.88. The first kappa shape index (κ1) is 19.8. The van der Waals surface area contributed by atoms with Gasteiger partial charge in [-0.05, 0) is 42.9 Å². The normalized spacial score (nSPS) is 11.2. The molecule has 0 saturated heterocycles. The maximum Gasteiger partial charge on any atom is 0.139 e. The molecule has 3 nitrogen and oxygen atoms in total. The van der Waals surface area contributed by atoms with E-state index in [0.717, 1.165) is 30.1 Å². The molecule has 0 atom stereocenters. The Morgan fingerprint density at radius 3 is 2.52 bits per heavy atom. The Balaban J connectivity index is 1.75. The van der Waals surface area contributed by atoms with Crippen molar-refractivity contribution in [3.8, 4) is 11.3 Å². The van der Waals surface area contributed by atoms with E-state index in [1.54, 1.807) is 0 Å². The second kappa shape index (κ2) is 10.4. The van der Waals surface area contributed by atoms with Gasteiger partial charge < -0.3 is 5.32 Å². The zero-order valence-corrected chi connectivity index (χ0v) is 17.4. The van der Waals surface area contributed by atoms with Gasteiger partial charge >= 0.3 is 0 Å². The maximum atomic E-state index is 4.88. The number of unbranched alkanes of at least 4 members (excludes halogenated alkanes) is 4. The van der Waals surface area contributed by atoms with Crippen LogP contribution in [0.15, 0.2) is 53.6 Å². The third kappa shape index (κ3) is 5.29. The van der Waals surface area contributed by atoms with Crippen molar-refractivity contribution in [1.29, 1.82) is 0 Å². The fourth-order valence-electron chi connectivity index (χ4n) is 3.18. The number of thioether (sulfide) groups is 1. The summed E-state index contributed by atoms with van der Waals surface area (Å²) in [4.78, 5) is 6.23. The topological polar surface area (TPSA) is 29.3 Å². The van der Waals surface area contributed by atoms with Crippen LogP contribution in [0.25, 0.3) is 16.9 Å². The summed E-state index contributed by atoms with van der Waals surface area (Å²) in [5, 5.41) is 3.60. The molecule has 0 aliphatic heterocycles. The molecule has 2 heterocycles. The van der Waals surface area contributed by atoms with Crippen molar-refractivity contribution in [1.82, 2.24) is 9.38 Å². The molecule has 144 valence electrons. The highest BCUT2D eigenvalue weighted by Gasteiger charge is 2.13. The molecule has 0 unspecified atom stereocenters. The molecule has 0 aliphatic rings. The second-order valence-corrected chi connectivity index (χ2v) is 8.12. The van der Waals surface area contributed by atoms with Crippen LogP contribution < -0.4 is 5.32 Å². The van der Waals surface area contributed by atoms with Gasteiger partial charge in [0.2, 0.25) is 0 Å². The van der Waals surface area contributed by atoms with Gasteiger partial charge in [0.15, 0.2) is 0 Å². The minimum absolute atomic E-state index is 0.970. The van der Waals surface area contributed by atoms with E-state index in [2.05, 4.69) is 66.2 Å². The van der Waals surface area contributed by atoms with Gasteiger partial charge in [-0.25, -0.2) is 4.98 Å². The van der Waals surface area contributed by atoms with Gasteiger partial charge in [0.25, 0.3) is 0 Å². The van der Waals surface area contributed by atoms with Crippen molar-refractivity contribution >= 4 is 23.2 Å². The molecule has 0 bridgehead atoms. The molecule has 0 fully saturated rings. The molecule has 1 N–H and O–H groups in total. The largest absolute Gasteiger partial charge is 0.369 e. The number of anilines is 1. The Morgan fingerprint density at radius 1 is 0.926 bits per heavy atom. The number of nitrogens with zero attached hydrogens (tertiary/aromatic N) is 2. The summed E-state index contributed by atoms with van der Waals surface area (Å²) >= 11 is 1.96. The van der Waals surface area contributed by atoms with Crippen LogP contribution >= 0.6 is 11.8 Å². The molecule has 0 spiro atoms. The van der Waals surface area contributed by atoms with Crippen molar-refractivity contribution in [2.24, 2.45) is 0 Å². The van der Waals surface area contributed by atoms with Crippen molar-refractivity contribution in [3.05, 3.63) is 48.7 Å². The van der Waals surface area contributed by atoms with E-state index in [1.807, 2.05) is 17.8 Å². The number of pyridine rings is 1. The first-order valence-electron chi connectivity index (χ1n) is 10.3. The van der Waals surface area contributed by atoms with E-state index in [4.69, 9.17) is 4.98 Å². The zero-order chi connectivity index (χ0) is 18.9. The average molecular weight is 382 g/mol. The van der Waals surface area contributed by atoms with Crippen molar-refractivity contribution in [2.75, 3.05) is 17.6 Å². The summed E-state index contributed by atoms with van der Waals surface area (Å²) in [6.07, 6.45) is 9.72. The quantitative estimate of drug-likeness (QED) is 0.290. The molecule has 0 aliphatic carbocycles. The van der Waals surface area contributed by atoms with Gasteiger partial charge in [0.05, 0.1) is 0 Å². The lowest BCUT2D eigenvalue weighted by Gasteiger charge is -2.09. The number of nitrogens with one attached hydrogen (secondary N) is 1. The third-order valence-corrected chi connectivity index (χ3v) is 5.85. The summed E-state index contributed by atoms with van der Waals surface area (Å²) in [5.41, 5.74) is 3.20. The number of imidazole rings is 1. The van der Waals surface area contributed by atoms with Crippen LogP contribution in [0.5, 0.6) is 0 Å². The van der Waals surface area contributed by atoms with Crippen molar-refractivity contribution in [3.63, 3.8) is 0 Å². The Morgan fingerprint density at radius 2 is 1.74 bits per heavy atom. The predicted molar refractivity (Wildman–Crippen MR) is 119 cm³/mol. The molecule has 27 heavy (non-hydrogen) atoms. The number of hydrogen-bond acceptors (Lipinski definition) is 3. The van der Waals surface area contributed by atoms with Crippen LogP contribution in [-0.4, -0.2) is 21.7 Å². The highest BCUT2D eigenvalue weighted by atomic mass is 32.2. The van der Waals surface area contributed by atoms with Crippen LogP contribution in [0.2, 0.25) is 0 Å². The number of aromatic nitrogens is 2. The second-order valence-electron chi connectivity index (χ2n) is 6.95. The molecule has 4 heteroatoms. The van der Waals surface area contributed by atoms with E-state index in [0.29, 0.717) is 0 Å². The van der Waals surface area contributed by atoms with Crippen LogP contribution in [-0.2, 0) is 0 Å². The highest BCUT2D eigenvalue weighted by molar-refractivity contribution is 7.99. The van der Waals surface area contributed by atoms with Gasteiger partial charge in [0.1, 0.15) is 17.2 Å². The molecule has 0 saturated carbocycles. The standard InChI is InChI=1S/C23H31N3S/c1-3-5-7-10-18-27-20-14-12-19(13-15-20)22-23(24-16-6-4-2)26-17-9-8-11-21(26)25-22/h8-9,11-15,17,24H,3-7,10,16,18H2,1-2H3. The van der Waals surface area contributed by atoms with Gasteiger partial charge in [-0.2, -0.15) is 0 Å². The number of rotatable bonds is 11. The molecular formula is C23H31N3S. The van der Waals surface area contributed by atoms with E-state index in [9.17, 15) is 0 Å². The molecule has 1 aromatic carbocycles. The van der Waals surface area contributed by atoms with Gasteiger partial charge in [-0.15, -0.1) is 11.8 Å². The summed E-state index contributed by atoms with van der Waals surface area (Å²) in [6.45, 7) is 5.45. The fourth-order valence-corrected chi connectivity index (χ4v) is 4.09. The van der Waals surface area contributed by atoms with Crippen LogP contribution in [0, 0.1) is 0 Å². The van der Waals surface area contributed by atoms with E-state index in [1.165, 1.54) is 48.3 Å². The molecule has 2 aromatic heterocycles. The molecule has 3 rings (SSSR count). The number of fused-ring (bicyclic) bond motifs is 1. The van der Waals surface area contributed by atoms with E-state index in [-0.39, 0.29) is 0 Å². The average Bonchev–Trinajstić information content (AvgIpc) is 3.07. The minimum atomic E-state index is 0.970. The highest BCUT2D eigenvalue weighted by Crippen LogP contribution is 2.30. The lowest BCUT2D eigenvalue weighted by Crippen LogP contribution is -2.04. The summed E-state index contributed by atoms with van der Waals surface area (Å²) in [5.74, 6) is 2.30. The lowest BCUT2D eigenvalue weighted by atomic mass is 10.1. The van der Waals surface area contributed by atoms with Crippen molar-refractivity contribution < 1.29 is 0 Å². The van der Waals surface area contributed by atoms with Crippen molar-refractivity contribution in [2.45, 2.75) is 57.3 Å². The minimum Gasteiger partial charge on any atom is -0.369 e. The van der Waals surface area contributed by atoms with Gasteiger partial charge in [-0.3, -0.25) is 4.40 Å². The summed E-state index contributed by atoms with van der Waals surface area (Å²) in [6, 6.07) is 15.1. The van der Waals surface area contributed by atoms with Crippen LogP contribution in [0.3, 0.4) is 0 Å². The predicted octanol–water partition coefficient (Wildman–Crippen LogP) is 6.89. The third-order valence-electron chi connectivity index (χ3n) is 4.75.